The Morgan fingerprint density at radius 1 is 1.67 bits per heavy atom. The molecule has 1 aromatic heterocycles. The van der Waals surface area contributed by atoms with E-state index in [1.165, 1.54) is 0 Å². The molecule has 0 fully saturated rings. The lowest BCUT2D eigenvalue weighted by molar-refractivity contribution is -0.390. The molecule has 0 saturated carbocycles. The summed E-state index contributed by atoms with van der Waals surface area (Å²) in [6.45, 7) is -0.760. The van der Waals surface area contributed by atoms with E-state index < -0.39 is 34.9 Å². The molecule has 1 heterocycles. The summed E-state index contributed by atoms with van der Waals surface area (Å²) in [6.07, 6.45) is -3.85. The summed E-state index contributed by atoms with van der Waals surface area (Å²) in [7, 11) is 0. The molecular formula is C6H7F3N4O2. The Kier molecular flexibility index (Phi) is 2.93. The highest BCUT2D eigenvalue weighted by molar-refractivity contribution is 5.34. The fourth-order valence-corrected chi connectivity index (χ4v) is 1.13. The van der Waals surface area contributed by atoms with Crippen molar-refractivity contribution in [3.05, 3.63) is 21.9 Å². The standard InChI is InChI=1S/C6H7F3N4O2/c7-6(8,9)4(1-10)3-2-11-12-5(3)13(14)15/h2,4H,1,10H2,(H,11,12). The Hall–Kier alpha value is -1.64. The van der Waals surface area contributed by atoms with Crippen molar-refractivity contribution in [1.29, 1.82) is 0 Å². The minimum absolute atomic E-state index is 0.546. The lowest BCUT2D eigenvalue weighted by atomic mass is 10.0. The number of hydrogen-bond acceptors (Lipinski definition) is 4. The molecule has 0 bridgehead atoms. The SMILES string of the molecule is NCC(c1cn[nH]c1[N+](=O)[O-])C(F)(F)F. The summed E-state index contributed by atoms with van der Waals surface area (Å²) in [5.74, 6) is -2.85. The molecule has 0 saturated heterocycles. The highest BCUT2D eigenvalue weighted by Gasteiger charge is 2.43. The van der Waals surface area contributed by atoms with E-state index in [0.717, 1.165) is 6.20 Å². The summed E-state index contributed by atoms with van der Waals surface area (Å²) < 4.78 is 37.1. The number of H-pyrrole nitrogens is 1. The number of halogens is 3. The number of aromatic nitrogens is 2. The van der Waals surface area contributed by atoms with Gasteiger partial charge in [-0.15, -0.1) is 5.10 Å². The van der Waals surface area contributed by atoms with Gasteiger partial charge in [-0.3, -0.25) is 0 Å². The van der Waals surface area contributed by atoms with Gasteiger partial charge in [0.1, 0.15) is 5.92 Å². The number of nitrogens with one attached hydrogen (secondary N) is 1. The molecular weight excluding hydrogens is 217 g/mol. The molecule has 3 N–H and O–H groups in total. The van der Waals surface area contributed by atoms with E-state index in [-0.39, 0.29) is 0 Å². The topological polar surface area (TPSA) is 97.8 Å². The fourth-order valence-electron chi connectivity index (χ4n) is 1.13. The van der Waals surface area contributed by atoms with Crippen LogP contribution in [0.2, 0.25) is 0 Å². The smallest absolute Gasteiger partial charge is 0.358 e. The Bertz CT molecular complexity index is 362. The third-order valence-corrected chi connectivity index (χ3v) is 1.84. The van der Waals surface area contributed by atoms with Crippen molar-refractivity contribution in [2.45, 2.75) is 12.1 Å². The lowest BCUT2D eigenvalue weighted by Gasteiger charge is -2.16. The third kappa shape index (κ3) is 2.24. The average molecular weight is 224 g/mol. The molecule has 84 valence electrons. The van der Waals surface area contributed by atoms with Gasteiger partial charge in [-0.25, -0.2) is 0 Å². The highest BCUT2D eigenvalue weighted by Crippen LogP contribution is 2.36. The van der Waals surface area contributed by atoms with Gasteiger partial charge < -0.3 is 15.8 Å². The van der Waals surface area contributed by atoms with Crippen molar-refractivity contribution in [3.63, 3.8) is 0 Å². The van der Waals surface area contributed by atoms with Crippen LogP contribution in [-0.4, -0.2) is 27.8 Å². The van der Waals surface area contributed by atoms with Crippen LogP contribution < -0.4 is 5.73 Å². The van der Waals surface area contributed by atoms with E-state index in [1.807, 2.05) is 5.10 Å². The van der Waals surface area contributed by atoms with Crippen LogP contribution >= 0.6 is 0 Å². The van der Waals surface area contributed by atoms with E-state index in [2.05, 4.69) is 5.10 Å². The van der Waals surface area contributed by atoms with Crippen molar-refractivity contribution in [2.24, 2.45) is 5.73 Å². The minimum Gasteiger partial charge on any atom is -0.358 e. The van der Waals surface area contributed by atoms with Gasteiger partial charge in [0.15, 0.2) is 0 Å². The maximum Gasteiger partial charge on any atom is 0.397 e. The summed E-state index contributed by atoms with van der Waals surface area (Å²) in [5.41, 5.74) is 4.39. The van der Waals surface area contributed by atoms with Crippen molar-refractivity contribution in [1.82, 2.24) is 10.2 Å². The first-order chi connectivity index (χ1) is 6.88. The Morgan fingerprint density at radius 2 is 2.27 bits per heavy atom. The monoisotopic (exact) mass is 224 g/mol. The van der Waals surface area contributed by atoms with Gasteiger partial charge in [0.05, 0.1) is 11.8 Å². The molecule has 15 heavy (non-hydrogen) atoms. The van der Waals surface area contributed by atoms with Crippen LogP contribution in [0.25, 0.3) is 0 Å². The molecule has 0 radical (unpaired) electrons. The first-order valence-corrected chi connectivity index (χ1v) is 3.82. The van der Waals surface area contributed by atoms with Gasteiger partial charge in [0, 0.05) is 6.54 Å². The first-order valence-electron chi connectivity index (χ1n) is 3.82. The molecule has 0 aliphatic heterocycles. The quantitative estimate of drug-likeness (QED) is 0.589. The zero-order chi connectivity index (χ0) is 11.6. The van der Waals surface area contributed by atoms with Gasteiger partial charge in [-0.1, -0.05) is 5.10 Å². The predicted molar refractivity (Wildman–Crippen MR) is 43.1 cm³/mol. The second-order valence-corrected chi connectivity index (χ2v) is 2.76. The van der Waals surface area contributed by atoms with Crippen molar-refractivity contribution in [3.8, 4) is 0 Å². The number of nitrogens with zero attached hydrogens (tertiary/aromatic N) is 2. The minimum atomic E-state index is -4.62. The molecule has 0 aromatic carbocycles. The van der Waals surface area contributed by atoms with Gasteiger partial charge in [-0.05, 0) is 4.92 Å². The second-order valence-electron chi connectivity index (χ2n) is 2.76. The maximum absolute atomic E-state index is 12.4. The second kappa shape index (κ2) is 3.85. The summed E-state index contributed by atoms with van der Waals surface area (Å²) in [4.78, 5) is 9.39. The van der Waals surface area contributed by atoms with Crippen molar-refractivity contribution < 1.29 is 18.1 Å². The van der Waals surface area contributed by atoms with Gasteiger partial charge in [0.25, 0.3) is 0 Å². The number of rotatable bonds is 3. The predicted octanol–water partition coefficient (Wildman–Crippen LogP) is 0.923. The number of alkyl halides is 3. The molecule has 9 heteroatoms. The average Bonchev–Trinajstić information content (AvgIpc) is 2.51. The van der Waals surface area contributed by atoms with Crippen molar-refractivity contribution >= 4 is 5.82 Å². The molecule has 0 amide bonds. The summed E-state index contributed by atoms with van der Waals surface area (Å²) in [6, 6.07) is 0. The van der Waals surface area contributed by atoms with Crippen LogP contribution in [-0.2, 0) is 0 Å². The Morgan fingerprint density at radius 3 is 2.67 bits per heavy atom. The third-order valence-electron chi connectivity index (χ3n) is 1.84. The van der Waals surface area contributed by atoms with E-state index in [4.69, 9.17) is 5.73 Å². The largest absolute Gasteiger partial charge is 0.397 e. The molecule has 0 aliphatic carbocycles. The maximum atomic E-state index is 12.4. The number of hydrogen-bond donors (Lipinski definition) is 2. The molecule has 1 aromatic rings. The highest BCUT2D eigenvalue weighted by atomic mass is 19.4. The van der Waals surface area contributed by atoms with Crippen LogP contribution in [0.15, 0.2) is 6.20 Å². The number of nitrogens with two attached hydrogens (primary N) is 1. The molecule has 1 unspecified atom stereocenters. The fraction of sp³-hybridized carbons (Fsp3) is 0.500. The van der Waals surface area contributed by atoms with Gasteiger partial charge >= 0.3 is 12.0 Å². The zero-order valence-corrected chi connectivity index (χ0v) is 7.28. The number of nitro groups is 1. The van der Waals surface area contributed by atoms with Crippen LogP contribution in [0.5, 0.6) is 0 Å². The van der Waals surface area contributed by atoms with E-state index in [0.29, 0.717) is 0 Å². The lowest BCUT2D eigenvalue weighted by Crippen LogP contribution is -2.28. The molecule has 0 aliphatic rings. The number of aromatic amines is 1. The molecule has 6 nitrogen and oxygen atoms in total. The normalized spacial score (nSPS) is 13.9. The summed E-state index contributed by atoms with van der Waals surface area (Å²) in [5, 5.41) is 15.4. The Balaban J connectivity index is 3.13. The van der Waals surface area contributed by atoms with Crippen molar-refractivity contribution in [2.75, 3.05) is 6.54 Å². The van der Waals surface area contributed by atoms with Crippen LogP contribution in [0.1, 0.15) is 11.5 Å². The van der Waals surface area contributed by atoms with Crippen LogP contribution in [0.3, 0.4) is 0 Å². The van der Waals surface area contributed by atoms with E-state index >= 15 is 0 Å². The molecule has 1 rings (SSSR count). The van der Waals surface area contributed by atoms with E-state index in [1.54, 1.807) is 0 Å². The van der Waals surface area contributed by atoms with Gasteiger partial charge in [0.2, 0.25) is 0 Å². The van der Waals surface area contributed by atoms with Gasteiger partial charge in [-0.2, -0.15) is 13.2 Å². The molecule has 0 spiro atoms. The summed E-state index contributed by atoms with van der Waals surface area (Å²) >= 11 is 0. The molecule has 1 atom stereocenters. The zero-order valence-electron chi connectivity index (χ0n) is 7.28. The van der Waals surface area contributed by atoms with E-state index in [9.17, 15) is 23.3 Å². The first kappa shape index (κ1) is 11.4. The Labute approximate surface area is 81.4 Å². The van der Waals surface area contributed by atoms with Crippen LogP contribution in [0.4, 0.5) is 19.0 Å². The van der Waals surface area contributed by atoms with Crippen LogP contribution in [0, 0.1) is 10.1 Å².